The van der Waals surface area contributed by atoms with Gasteiger partial charge in [0, 0.05) is 6.54 Å². The molecule has 1 aliphatic heterocycles. The summed E-state index contributed by atoms with van der Waals surface area (Å²) in [5.41, 5.74) is -0.799. The summed E-state index contributed by atoms with van der Waals surface area (Å²) in [4.78, 5) is 13.9. The smallest absolute Gasteiger partial charge is 0.410 e. The molecule has 0 radical (unpaired) electrons. The van der Waals surface area contributed by atoms with E-state index in [9.17, 15) is 9.90 Å². The number of carbonyl (C=O) groups is 1. The van der Waals surface area contributed by atoms with Gasteiger partial charge in [-0.05, 0) is 40.0 Å². The van der Waals surface area contributed by atoms with Crippen molar-refractivity contribution in [1.29, 1.82) is 0 Å². The van der Waals surface area contributed by atoms with Gasteiger partial charge in [0.1, 0.15) is 5.60 Å². The van der Waals surface area contributed by atoms with Crippen LogP contribution in [-0.4, -0.2) is 39.9 Å². The van der Waals surface area contributed by atoms with Gasteiger partial charge in [-0.1, -0.05) is 12.8 Å². The molecular weight excluding hydrogens is 218 g/mol. The number of likely N-dealkylation sites (tertiary alicyclic amines) is 1. The second-order valence-electron chi connectivity index (χ2n) is 6.25. The minimum atomic E-state index is -0.468. The molecule has 0 aromatic carbocycles. The molecule has 1 spiro atoms. The van der Waals surface area contributed by atoms with Crippen LogP contribution in [0.25, 0.3) is 0 Å². The van der Waals surface area contributed by atoms with Crippen molar-refractivity contribution in [2.24, 2.45) is 0 Å². The molecule has 1 amide bonds. The van der Waals surface area contributed by atoms with E-state index >= 15 is 0 Å². The number of carbonyl (C=O) groups excluding carboxylic acids is 1. The Bertz CT molecular complexity index is 302. The van der Waals surface area contributed by atoms with Gasteiger partial charge >= 0.3 is 6.09 Å². The highest BCUT2D eigenvalue weighted by atomic mass is 16.6. The van der Waals surface area contributed by atoms with Gasteiger partial charge in [-0.2, -0.15) is 0 Å². The number of ether oxygens (including phenoxy) is 1. The van der Waals surface area contributed by atoms with Crippen LogP contribution in [0.3, 0.4) is 0 Å². The molecule has 0 aromatic rings. The van der Waals surface area contributed by atoms with E-state index in [0.717, 1.165) is 25.7 Å². The molecule has 4 nitrogen and oxygen atoms in total. The molecule has 1 aliphatic carbocycles. The lowest BCUT2D eigenvalue weighted by molar-refractivity contribution is -0.0121. The Balaban J connectivity index is 2.12. The Hall–Kier alpha value is -0.770. The molecule has 0 aromatic heterocycles. The van der Waals surface area contributed by atoms with Crippen molar-refractivity contribution < 1.29 is 14.6 Å². The van der Waals surface area contributed by atoms with E-state index in [1.165, 1.54) is 0 Å². The molecule has 4 heteroatoms. The summed E-state index contributed by atoms with van der Waals surface area (Å²) < 4.78 is 5.43. The Morgan fingerprint density at radius 2 is 1.94 bits per heavy atom. The summed E-state index contributed by atoms with van der Waals surface area (Å²) in [6.07, 6.45) is 4.04. The van der Waals surface area contributed by atoms with Crippen molar-refractivity contribution in [2.45, 2.75) is 70.1 Å². The Kier molecular flexibility index (Phi) is 3.10. The molecule has 98 valence electrons. The van der Waals surface area contributed by atoms with Crippen LogP contribution in [0.5, 0.6) is 0 Å². The maximum atomic E-state index is 12.2. The van der Waals surface area contributed by atoms with Crippen LogP contribution in [0, 0.1) is 0 Å². The number of nitrogens with zero attached hydrogens (tertiary/aromatic N) is 1. The van der Waals surface area contributed by atoms with E-state index in [2.05, 4.69) is 0 Å². The molecule has 1 atom stereocenters. The lowest BCUT2D eigenvalue weighted by atomic mass is 9.91. The monoisotopic (exact) mass is 241 g/mol. The fraction of sp³-hybridized carbons (Fsp3) is 0.923. The lowest BCUT2D eigenvalue weighted by Crippen LogP contribution is -2.52. The molecule has 1 heterocycles. The van der Waals surface area contributed by atoms with Crippen LogP contribution in [0.15, 0.2) is 0 Å². The summed E-state index contributed by atoms with van der Waals surface area (Å²) in [6, 6.07) is 0. The van der Waals surface area contributed by atoms with E-state index in [-0.39, 0.29) is 17.7 Å². The highest BCUT2D eigenvalue weighted by Crippen LogP contribution is 2.43. The molecule has 2 rings (SSSR count). The van der Waals surface area contributed by atoms with Crippen LogP contribution in [0.2, 0.25) is 0 Å². The molecule has 1 saturated carbocycles. The number of aliphatic hydroxyl groups excluding tert-OH is 1. The average molecular weight is 241 g/mol. The minimum absolute atomic E-state index is 0.268. The van der Waals surface area contributed by atoms with Crippen LogP contribution in [0.1, 0.15) is 52.9 Å². The Morgan fingerprint density at radius 1 is 1.35 bits per heavy atom. The average Bonchev–Trinajstić information content (AvgIpc) is 2.75. The number of aliphatic hydroxyl groups is 1. The highest BCUT2D eigenvalue weighted by molar-refractivity contribution is 5.70. The van der Waals surface area contributed by atoms with E-state index in [1.54, 1.807) is 4.90 Å². The van der Waals surface area contributed by atoms with Gasteiger partial charge in [0.25, 0.3) is 0 Å². The second kappa shape index (κ2) is 4.16. The summed E-state index contributed by atoms with van der Waals surface area (Å²) in [5, 5.41) is 10.1. The molecule has 0 unspecified atom stereocenters. The zero-order valence-electron chi connectivity index (χ0n) is 11.0. The Morgan fingerprint density at radius 3 is 2.47 bits per heavy atom. The first-order chi connectivity index (χ1) is 7.85. The van der Waals surface area contributed by atoms with Crippen molar-refractivity contribution in [3.63, 3.8) is 0 Å². The third kappa shape index (κ3) is 2.28. The number of hydrogen-bond donors (Lipinski definition) is 1. The zero-order valence-corrected chi connectivity index (χ0v) is 11.0. The summed E-state index contributed by atoms with van der Waals surface area (Å²) in [5.74, 6) is 0. The van der Waals surface area contributed by atoms with E-state index in [0.29, 0.717) is 13.0 Å². The van der Waals surface area contributed by atoms with Crippen LogP contribution in [-0.2, 0) is 4.74 Å². The van der Waals surface area contributed by atoms with E-state index < -0.39 is 5.60 Å². The summed E-state index contributed by atoms with van der Waals surface area (Å²) in [7, 11) is 0. The molecule has 1 N–H and O–H groups in total. The second-order valence-corrected chi connectivity index (χ2v) is 6.25. The lowest BCUT2D eigenvalue weighted by Gasteiger charge is -2.37. The maximum Gasteiger partial charge on any atom is 0.410 e. The van der Waals surface area contributed by atoms with Gasteiger partial charge < -0.3 is 9.84 Å². The largest absolute Gasteiger partial charge is 0.444 e. The minimum Gasteiger partial charge on any atom is -0.444 e. The third-order valence-corrected chi connectivity index (χ3v) is 3.87. The molecule has 2 fully saturated rings. The Labute approximate surface area is 103 Å². The summed E-state index contributed by atoms with van der Waals surface area (Å²) in [6.45, 7) is 6.24. The van der Waals surface area contributed by atoms with Crippen LogP contribution >= 0.6 is 0 Å². The summed E-state index contributed by atoms with van der Waals surface area (Å²) >= 11 is 0. The van der Waals surface area contributed by atoms with E-state index in [1.807, 2.05) is 20.8 Å². The first-order valence-corrected chi connectivity index (χ1v) is 6.54. The predicted octanol–water partition coefficient (Wildman–Crippen LogP) is 2.30. The van der Waals surface area contributed by atoms with Gasteiger partial charge in [0.05, 0.1) is 11.6 Å². The normalized spacial score (nSPS) is 27.8. The fourth-order valence-electron chi connectivity index (χ4n) is 3.10. The van der Waals surface area contributed by atoms with Gasteiger partial charge in [-0.15, -0.1) is 0 Å². The van der Waals surface area contributed by atoms with Crippen molar-refractivity contribution in [3.05, 3.63) is 0 Å². The first-order valence-electron chi connectivity index (χ1n) is 6.54. The SMILES string of the molecule is CC(C)(C)OC(=O)N1CC[C@H](O)C12CCCC2. The van der Waals surface area contributed by atoms with Crippen molar-refractivity contribution in [1.82, 2.24) is 4.90 Å². The fourth-order valence-corrected chi connectivity index (χ4v) is 3.10. The van der Waals surface area contributed by atoms with Crippen molar-refractivity contribution in [3.8, 4) is 0 Å². The third-order valence-electron chi connectivity index (χ3n) is 3.87. The molecule has 0 bridgehead atoms. The standard InChI is InChI=1S/C13H23NO3/c1-12(2,3)17-11(16)14-9-6-10(15)13(14)7-4-5-8-13/h10,15H,4-9H2,1-3H3/t10-/m0/s1. The van der Waals surface area contributed by atoms with Crippen molar-refractivity contribution in [2.75, 3.05) is 6.54 Å². The van der Waals surface area contributed by atoms with Crippen molar-refractivity contribution >= 4 is 6.09 Å². The highest BCUT2D eigenvalue weighted by Gasteiger charge is 2.52. The van der Waals surface area contributed by atoms with Gasteiger partial charge in [-0.3, -0.25) is 4.90 Å². The van der Waals surface area contributed by atoms with Gasteiger partial charge in [0.15, 0.2) is 0 Å². The van der Waals surface area contributed by atoms with Gasteiger partial charge in [0.2, 0.25) is 0 Å². The number of hydrogen-bond acceptors (Lipinski definition) is 3. The quantitative estimate of drug-likeness (QED) is 0.708. The first kappa shape index (κ1) is 12.7. The van der Waals surface area contributed by atoms with Crippen LogP contribution < -0.4 is 0 Å². The number of rotatable bonds is 0. The molecule has 17 heavy (non-hydrogen) atoms. The van der Waals surface area contributed by atoms with E-state index in [4.69, 9.17) is 4.74 Å². The molecular formula is C13H23NO3. The molecule has 2 aliphatic rings. The van der Waals surface area contributed by atoms with Gasteiger partial charge in [-0.25, -0.2) is 4.79 Å². The number of amides is 1. The topological polar surface area (TPSA) is 49.8 Å². The predicted molar refractivity (Wildman–Crippen MR) is 64.8 cm³/mol. The molecule has 1 saturated heterocycles. The van der Waals surface area contributed by atoms with Crippen LogP contribution in [0.4, 0.5) is 4.79 Å². The maximum absolute atomic E-state index is 12.2. The zero-order chi connectivity index (χ0) is 12.7.